The van der Waals surface area contributed by atoms with Crippen molar-refractivity contribution >= 4 is 27.8 Å². The summed E-state index contributed by atoms with van der Waals surface area (Å²) in [4.78, 5) is 26.4. The molecule has 0 bridgehead atoms. The standard InChI is InChI=1S/C11H11BrN2O3/c1-7(12)6-9(11(16)17)14-10(15)8-4-2-3-5-13-8/h2-5,9H,1,6H2,(H,14,15)(H,16,17)/t9-/m1/s1. The van der Waals surface area contributed by atoms with Gasteiger partial charge in [0.05, 0.1) is 0 Å². The van der Waals surface area contributed by atoms with E-state index in [2.05, 4.69) is 32.8 Å². The molecule has 6 heteroatoms. The summed E-state index contributed by atoms with van der Waals surface area (Å²) < 4.78 is 0.506. The predicted octanol–water partition coefficient (Wildman–Crippen LogP) is 1.56. The minimum absolute atomic E-state index is 0.119. The SMILES string of the molecule is C=C(Br)C[C@@H](NC(=O)c1ccccn1)C(=O)O. The van der Waals surface area contributed by atoms with Crippen LogP contribution in [0.3, 0.4) is 0 Å². The molecule has 1 amide bonds. The number of nitrogens with one attached hydrogen (secondary N) is 1. The Kier molecular flexibility index (Phi) is 4.84. The number of carbonyl (C=O) groups excluding carboxylic acids is 1. The second kappa shape index (κ2) is 6.15. The molecular formula is C11H11BrN2O3. The van der Waals surface area contributed by atoms with Gasteiger partial charge in [0.25, 0.3) is 5.91 Å². The Balaban J connectivity index is 2.71. The smallest absolute Gasteiger partial charge is 0.326 e. The van der Waals surface area contributed by atoms with E-state index in [9.17, 15) is 9.59 Å². The predicted molar refractivity (Wildman–Crippen MR) is 65.8 cm³/mol. The zero-order valence-electron chi connectivity index (χ0n) is 8.89. The van der Waals surface area contributed by atoms with Gasteiger partial charge in [-0.05, 0) is 16.6 Å². The maximum Gasteiger partial charge on any atom is 0.326 e. The van der Waals surface area contributed by atoms with Crippen LogP contribution in [0.4, 0.5) is 0 Å². The molecule has 90 valence electrons. The zero-order valence-corrected chi connectivity index (χ0v) is 10.5. The van der Waals surface area contributed by atoms with Gasteiger partial charge in [-0.2, -0.15) is 0 Å². The first-order valence-corrected chi connectivity index (χ1v) is 5.58. The van der Waals surface area contributed by atoms with Gasteiger partial charge >= 0.3 is 5.97 Å². The number of pyridine rings is 1. The number of aliphatic carboxylic acids is 1. The monoisotopic (exact) mass is 298 g/mol. The number of carboxylic acid groups (broad SMARTS) is 1. The molecule has 0 saturated carbocycles. The Morgan fingerprint density at radius 2 is 2.24 bits per heavy atom. The van der Waals surface area contributed by atoms with Crippen molar-refractivity contribution in [2.75, 3.05) is 0 Å². The number of rotatable bonds is 5. The Labute approximate surface area is 107 Å². The molecule has 1 aromatic heterocycles. The van der Waals surface area contributed by atoms with Crippen molar-refractivity contribution in [1.29, 1.82) is 0 Å². The number of aromatic nitrogens is 1. The highest BCUT2D eigenvalue weighted by Crippen LogP contribution is 2.10. The van der Waals surface area contributed by atoms with E-state index < -0.39 is 17.9 Å². The first-order chi connectivity index (χ1) is 8.00. The van der Waals surface area contributed by atoms with Crippen molar-refractivity contribution in [3.63, 3.8) is 0 Å². The second-order valence-corrected chi connectivity index (χ2v) is 4.42. The summed E-state index contributed by atoms with van der Waals surface area (Å²) in [5, 5.41) is 11.3. The number of carboxylic acids is 1. The summed E-state index contributed by atoms with van der Waals surface area (Å²) in [5.41, 5.74) is 0.180. The molecule has 0 unspecified atom stereocenters. The number of hydrogen-bond acceptors (Lipinski definition) is 3. The van der Waals surface area contributed by atoms with Crippen molar-refractivity contribution in [3.05, 3.63) is 41.2 Å². The molecule has 0 aliphatic carbocycles. The van der Waals surface area contributed by atoms with E-state index >= 15 is 0 Å². The van der Waals surface area contributed by atoms with Gasteiger partial charge in [0.1, 0.15) is 11.7 Å². The van der Waals surface area contributed by atoms with E-state index in [0.29, 0.717) is 4.48 Å². The lowest BCUT2D eigenvalue weighted by atomic mass is 10.2. The van der Waals surface area contributed by atoms with Gasteiger partial charge in [-0.3, -0.25) is 9.78 Å². The van der Waals surface area contributed by atoms with Crippen molar-refractivity contribution in [2.45, 2.75) is 12.5 Å². The van der Waals surface area contributed by atoms with E-state index in [1.54, 1.807) is 12.1 Å². The van der Waals surface area contributed by atoms with Crippen molar-refractivity contribution in [3.8, 4) is 0 Å². The lowest BCUT2D eigenvalue weighted by Gasteiger charge is -2.13. The highest BCUT2D eigenvalue weighted by Gasteiger charge is 2.21. The summed E-state index contributed by atoms with van der Waals surface area (Å²) >= 11 is 3.06. The second-order valence-electron chi connectivity index (χ2n) is 3.30. The van der Waals surface area contributed by atoms with Crippen LogP contribution >= 0.6 is 15.9 Å². The number of amides is 1. The Morgan fingerprint density at radius 1 is 1.53 bits per heavy atom. The molecule has 0 aliphatic heterocycles. The fourth-order valence-electron chi connectivity index (χ4n) is 1.15. The third-order valence-corrected chi connectivity index (χ3v) is 2.25. The number of hydrogen-bond donors (Lipinski definition) is 2. The average molecular weight is 299 g/mol. The van der Waals surface area contributed by atoms with Crippen LogP contribution in [0.15, 0.2) is 35.5 Å². The van der Waals surface area contributed by atoms with Gasteiger partial charge < -0.3 is 10.4 Å². The fraction of sp³-hybridized carbons (Fsp3) is 0.182. The van der Waals surface area contributed by atoms with E-state index in [4.69, 9.17) is 5.11 Å². The normalized spacial score (nSPS) is 11.6. The topological polar surface area (TPSA) is 79.3 Å². The number of nitrogens with zero attached hydrogens (tertiary/aromatic N) is 1. The Bertz CT molecular complexity index is 434. The van der Waals surface area contributed by atoms with Gasteiger partial charge in [-0.25, -0.2) is 4.79 Å². The summed E-state index contributed by atoms with van der Waals surface area (Å²) in [5.74, 6) is -1.64. The van der Waals surface area contributed by atoms with Crippen LogP contribution < -0.4 is 5.32 Å². The molecule has 0 aromatic carbocycles. The molecule has 5 nitrogen and oxygen atoms in total. The molecular weight excluding hydrogens is 288 g/mol. The molecule has 0 saturated heterocycles. The first kappa shape index (κ1) is 13.4. The minimum Gasteiger partial charge on any atom is -0.480 e. The third kappa shape index (κ3) is 4.36. The number of carbonyl (C=O) groups is 2. The van der Waals surface area contributed by atoms with Crippen LogP contribution in [0, 0.1) is 0 Å². The van der Waals surface area contributed by atoms with Gasteiger partial charge in [-0.1, -0.05) is 28.6 Å². The lowest BCUT2D eigenvalue weighted by molar-refractivity contribution is -0.139. The molecule has 0 spiro atoms. The van der Waals surface area contributed by atoms with E-state index in [1.165, 1.54) is 12.3 Å². The van der Waals surface area contributed by atoms with E-state index in [0.717, 1.165) is 0 Å². The van der Waals surface area contributed by atoms with E-state index in [-0.39, 0.29) is 12.1 Å². The van der Waals surface area contributed by atoms with Gasteiger partial charge in [0, 0.05) is 12.6 Å². The quantitative estimate of drug-likeness (QED) is 0.865. The van der Waals surface area contributed by atoms with Crippen LogP contribution in [-0.4, -0.2) is 28.0 Å². The van der Waals surface area contributed by atoms with E-state index in [1.807, 2.05) is 0 Å². The molecule has 17 heavy (non-hydrogen) atoms. The highest BCUT2D eigenvalue weighted by atomic mass is 79.9. The maximum atomic E-state index is 11.7. The maximum absolute atomic E-state index is 11.7. The summed E-state index contributed by atoms with van der Waals surface area (Å²) in [6.45, 7) is 3.54. The first-order valence-electron chi connectivity index (χ1n) is 4.78. The molecule has 1 heterocycles. The molecule has 0 aliphatic rings. The zero-order chi connectivity index (χ0) is 12.8. The van der Waals surface area contributed by atoms with Gasteiger partial charge in [-0.15, -0.1) is 0 Å². The van der Waals surface area contributed by atoms with Gasteiger partial charge in [0.15, 0.2) is 0 Å². The summed E-state index contributed by atoms with van der Waals surface area (Å²) in [6, 6.07) is 3.82. The molecule has 2 N–H and O–H groups in total. The Hall–Kier alpha value is -1.69. The van der Waals surface area contributed by atoms with Crippen LogP contribution in [0.25, 0.3) is 0 Å². The molecule has 0 radical (unpaired) electrons. The van der Waals surface area contributed by atoms with Crippen LogP contribution in [-0.2, 0) is 4.79 Å². The van der Waals surface area contributed by atoms with Crippen molar-refractivity contribution < 1.29 is 14.7 Å². The lowest BCUT2D eigenvalue weighted by Crippen LogP contribution is -2.41. The Morgan fingerprint density at radius 3 is 2.71 bits per heavy atom. The highest BCUT2D eigenvalue weighted by molar-refractivity contribution is 9.11. The average Bonchev–Trinajstić information content (AvgIpc) is 2.28. The largest absolute Gasteiger partial charge is 0.480 e. The molecule has 1 atom stereocenters. The fourth-order valence-corrected chi connectivity index (χ4v) is 1.47. The van der Waals surface area contributed by atoms with Crippen LogP contribution in [0.1, 0.15) is 16.9 Å². The van der Waals surface area contributed by atoms with Gasteiger partial charge in [0.2, 0.25) is 0 Å². The molecule has 1 aromatic rings. The molecule has 1 rings (SSSR count). The minimum atomic E-state index is -1.12. The van der Waals surface area contributed by atoms with Crippen LogP contribution in [0.5, 0.6) is 0 Å². The van der Waals surface area contributed by atoms with Crippen molar-refractivity contribution in [1.82, 2.24) is 10.3 Å². The third-order valence-electron chi connectivity index (χ3n) is 1.93. The number of halogens is 1. The van der Waals surface area contributed by atoms with Crippen LogP contribution in [0.2, 0.25) is 0 Å². The summed E-state index contributed by atoms with van der Waals surface area (Å²) in [7, 11) is 0. The summed E-state index contributed by atoms with van der Waals surface area (Å²) in [6.07, 6.45) is 1.59. The molecule has 0 fully saturated rings. The van der Waals surface area contributed by atoms with Crippen molar-refractivity contribution in [2.24, 2.45) is 0 Å².